The van der Waals surface area contributed by atoms with E-state index in [1.165, 1.54) is 0 Å². The lowest BCUT2D eigenvalue weighted by atomic mass is 10.2. The highest BCUT2D eigenvalue weighted by Crippen LogP contribution is 2.65. The van der Waals surface area contributed by atoms with Crippen LogP contribution in [-0.2, 0) is 0 Å². The van der Waals surface area contributed by atoms with Crippen LogP contribution in [0.5, 0.6) is 0 Å². The van der Waals surface area contributed by atoms with E-state index in [0.717, 1.165) is 13.1 Å². The lowest BCUT2D eigenvalue weighted by Crippen LogP contribution is -2.35. The van der Waals surface area contributed by atoms with E-state index < -0.39 is 4.33 Å². The number of nitriles is 1. The van der Waals surface area contributed by atoms with E-state index in [-0.39, 0.29) is 12.0 Å². The summed E-state index contributed by atoms with van der Waals surface area (Å²) in [6, 6.07) is 2.21. The number of hydrogen-bond acceptors (Lipinski definition) is 2. The molecule has 0 aromatic rings. The maximum Gasteiger partial charge on any atom is 0.128 e. The Morgan fingerprint density at radius 2 is 2.33 bits per heavy atom. The molecule has 3 atom stereocenters. The molecule has 4 heteroatoms. The van der Waals surface area contributed by atoms with Gasteiger partial charge in [0.15, 0.2) is 0 Å². The number of rotatable bonds is 1. The first-order valence-electron chi connectivity index (χ1n) is 4.14. The standard InChI is InChI=1S/C8H10Cl2N2/c1-2-12-4-5-7(6(12)3-11)8(5,9)10/h5-7H,2,4H2,1H3. The van der Waals surface area contributed by atoms with Crippen molar-refractivity contribution < 1.29 is 0 Å². The molecule has 1 saturated heterocycles. The Morgan fingerprint density at radius 3 is 2.83 bits per heavy atom. The minimum Gasteiger partial charge on any atom is -0.288 e. The van der Waals surface area contributed by atoms with Crippen LogP contribution in [0.25, 0.3) is 0 Å². The van der Waals surface area contributed by atoms with Crippen molar-refractivity contribution in [2.24, 2.45) is 11.8 Å². The summed E-state index contributed by atoms with van der Waals surface area (Å²) in [5, 5.41) is 8.89. The second kappa shape index (κ2) is 2.51. The number of fused-ring (bicyclic) bond motifs is 1. The topological polar surface area (TPSA) is 27.0 Å². The third-order valence-corrected chi connectivity index (χ3v) is 4.03. The maximum atomic E-state index is 8.89. The van der Waals surface area contributed by atoms with Crippen molar-refractivity contribution in [3.8, 4) is 6.07 Å². The summed E-state index contributed by atoms with van der Waals surface area (Å²) in [6.45, 7) is 3.85. The highest BCUT2D eigenvalue weighted by atomic mass is 35.5. The van der Waals surface area contributed by atoms with Gasteiger partial charge in [-0.15, -0.1) is 23.2 Å². The van der Waals surface area contributed by atoms with Gasteiger partial charge in [0.2, 0.25) is 0 Å². The summed E-state index contributed by atoms with van der Waals surface area (Å²) < 4.78 is -0.605. The number of nitrogens with zero attached hydrogens (tertiary/aromatic N) is 2. The summed E-state index contributed by atoms with van der Waals surface area (Å²) in [5.41, 5.74) is 0. The minimum atomic E-state index is -0.605. The monoisotopic (exact) mass is 204 g/mol. The minimum absolute atomic E-state index is 0.0602. The lowest BCUT2D eigenvalue weighted by Gasteiger charge is -2.22. The van der Waals surface area contributed by atoms with Crippen LogP contribution in [0.3, 0.4) is 0 Å². The quantitative estimate of drug-likeness (QED) is 0.608. The first-order valence-corrected chi connectivity index (χ1v) is 4.90. The fraction of sp³-hybridized carbons (Fsp3) is 0.875. The van der Waals surface area contributed by atoms with Gasteiger partial charge in [-0.3, -0.25) is 4.90 Å². The van der Waals surface area contributed by atoms with Crippen LogP contribution in [0.15, 0.2) is 0 Å². The third kappa shape index (κ3) is 0.907. The molecule has 0 spiro atoms. The number of alkyl halides is 2. The molecule has 0 aromatic heterocycles. The largest absolute Gasteiger partial charge is 0.288 e. The van der Waals surface area contributed by atoms with Gasteiger partial charge in [0.25, 0.3) is 0 Å². The van der Waals surface area contributed by atoms with Crippen molar-refractivity contribution >= 4 is 23.2 Å². The predicted molar refractivity (Wildman–Crippen MR) is 48.1 cm³/mol. The molecule has 0 amide bonds. The summed E-state index contributed by atoms with van der Waals surface area (Å²) in [7, 11) is 0. The molecule has 0 aromatic carbocycles. The van der Waals surface area contributed by atoms with Crippen LogP contribution in [0.4, 0.5) is 0 Å². The fourth-order valence-corrected chi connectivity index (χ4v) is 2.99. The van der Waals surface area contributed by atoms with Crippen molar-refractivity contribution in [1.82, 2.24) is 4.90 Å². The summed E-state index contributed by atoms with van der Waals surface area (Å²) in [5.74, 6) is 0.510. The van der Waals surface area contributed by atoms with Crippen LogP contribution in [0.2, 0.25) is 0 Å². The first-order chi connectivity index (χ1) is 5.62. The van der Waals surface area contributed by atoms with Gasteiger partial charge in [-0.05, 0) is 6.54 Å². The van der Waals surface area contributed by atoms with Crippen molar-refractivity contribution in [3.05, 3.63) is 0 Å². The Kier molecular flexibility index (Phi) is 1.80. The number of likely N-dealkylation sites (tertiary alicyclic amines) is 1. The highest BCUT2D eigenvalue weighted by molar-refractivity contribution is 6.51. The summed E-state index contributed by atoms with van der Waals surface area (Å²) >= 11 is 12.0. The van der Waals surface area contributed by atoms with E-state index in [4.69, 9.17) is 28.5 Å². The maximum absolute atomic E-state index is 8.89. The zero-order valence-electron chi connectivity index (χ0n) is 6.80. The van der Waals surface area contributed by atoms with Crippen LogP contribution in [0, 0.1) is 23.2 Å². The van der Waals surface area contributed by atoms with Gasteiger partial charge >= 0.3 is 0 Å². The van der Waals surface area contributed by atoms with E-state index in [2.05, 4.69) is 17.9 Å². The Labute approximate surface area is 82.0 Å². The Bertz CT molecular complexity index is 246. The number of hydrogen-bond donors (Lipinski definition) is 0. The molecule has 2 aliphatic rings. The van der Waals surface area contributed by atoms with E-state index in [1.807, 2.05) is 0 Å². The fourth-order valence-electron chi connectivity index (χ4n) is 2.16. The SMILES string of the molecule is CCN1CC2C(C1C#N)C2(Cl)Cl. The molecule has 66 valence electrons. The van der Waals surface area contributed by atoms with Crippen LogP contribution in [-0.4, -0.2) is 28.4 Å². The van der Waals surface area contributed by atoms with Crippen LogP contribution in [0.1, 0.15) is 6.92 Å². The zero-order chi connectivity index (χ0) is 8.93. The lowest BCUT2D eigenvalue weighted by molar-refractivity contribution is 0.271. The molecular weight excluding hydrogens is 195 g/mol. The average Bonchev–Trinajstić information content (AvgIpc) is 2.50. The average molecular weight is 205 g/mol. The molecule has 1 saturated carbocycles. The molecule has 2 rings (SSSR count). The molecule has 0 radical (unpaired) electrons. The molecule has 0 N–H and O–H groups in total. The molecule has 2 fully saturated rings. The van der Waals surface area contributed by atoms with Gasteiger partial charge in [0.1, 0.15) is 10.4 Å². The Balaban J connectivity index is 2.14. The van der Waals surface area contributed by atoms with Gasteiger partial charge in [0, 0.05) is 18.4 Å². The summed E-state index contributed by atoms with van der Waals surface area (Å²) in [6.07, 6.45) is 0. The van der Waals surface area contributed by atoms with Crippen molar-refractivity contribution in [2.75, 3.05) is 13.1 Å². The van der Waals surface area contributed by atoms with E-state index >= 15 is 0 Å². The highest BCUT2D eigenvalue weighted by Gasteiger charge is 2.71. The molecule has 0 bridgehead atoms. The molecule has 1 aliphatic carbocycles. The van der Waals surface area contributed by atoms with Gasteiger partial charge < -0.3 is 0 Å². The molecule has 12 heavy (non-hydrogen) atoms. The van der Waals surface area contributed by atoms with Crippen LogP contribution >= 0.6 is 23.2 Å². The van der Waals surface area contributed by atoms with Gasteiger partial charge in [-0.25, -0.2) is 0 Å². The Hall–Kier alpha value is 0.0300. The smallest absolute Gasteiger partial charge is 0.128 e. The van der Waals surface area contributed by atoms with E-state index in [0.29, 0.717) is 5.92 Å². The zero-order valence-corrected chi connectivity index (χ0v) is 8.31. The molecular formula is C8H10Cl2N2. The van der Waals surface area contributed by atoms with Crippen molar-refractivity contribution in [3.63, 3.8) is 0 Å². The van der Waals surface area contributed by atoms with E-state index in [9.17, 15) is 0 Å². The second-order valence-corrected chi connectivity index (χ2v) is 4.91. The second-order valence-electron chi connectivity index (χ2n) is 3.47. The summed E-state index contributed by atoms with van der Waals surface area (Å²) in [4.78, 5) is 2.14. The molecule has 1 aliphatic heterocycles. The van der Waals surface area contributed by atoms with Gasteiger partial charge in [0.05, 0.1) is 6.07 Å². The molecule has 1 heterocycles. The van der Waals surface area contributed by atoms with E-state index in [1.54, 1.807) is 0 Å². The van der Waals surface area contributed by atoms with Gasteiger partial charge in [-0.1, -0.05) is 6.92 Å². The number of halogens is 2. The van der Waals surface area contributed by atoms with Gasteiger partial charge in [-0.2, -0.15) is 5.26 Å². The number of piperidine rings is 1. The van der Waals surface area contributed by atoms with Crippen molar-refractivity contribution in [2.45, 2.75) is 17.3 Å². The Morgan fingerprint density at radius 1 is 1.67 bits per heavy atom. The predicted octanol–water partition coefficient (Wildman–Crippen LogP) is 1.63. The normalized spacial score (nSPS) is 43.7. The third-order valence-electron chi connectivity index (χ3n) is 2.97. The van der Waals surface area contributed by atoms with Crippen LogP contribution < -0.4 is 0 Å². The first kappa shape index (κ1) is 8.62. The molecule has 2 nitrogen and oxygen atoms in total. The molecule has 3 unspecified atom stereocenters. The van der Waals surface area contributed by atoms with Crippen molar-refractivity contribution in [1.29, 1.82) is 5.26 Å².